The lowest BCUT2D eigenvalue weighted by Gasteiger charge is -2.08. The minimum absolute atomic E-state index is 0.0562. The SMILES string of the molecule is CCOc1cc(/C=N/Nc2c(F)c(F)c(F)c(F)c2F)cc([N+](=O)[O-])c1O. The standard InChI is InChI=1S/C15H10F5N3O4/c1-2-27-8-4-6(3-7(15(8)24)23(25)26)5-21-22-14-12(19)10(17)9(16)11(18)13(14)20/h3-5,22,24H,2H2,1H3/b21-5+. The van der Waals surface area contributed by atoms with Crippen LogP contribution in [0.25, 0.3) is 0 Å². The van der Waals surface area contributed by atoms with Crippen molar-refractivity contribution in [2.24, 2.45) is 5.10 Å². The molecule has 0 saturated heterocycles. The monoisotopic (exact) mass is 391 g/mol. The number of nitrogens with zero attached hydrogens (tertiary/aromatic N) is 2. The maximum atomic E-state index is 13.5. The first-order valence-electron chi connectivity index (χ1n) is 7.13. The molecule has 0 spiro atoms. The van der Waals surface area contributed by atoms with Gasteiger partial charge in [-0.25, -0.2) is 22.0 Å². The molecule has 144 valence electrons. The molecule has 0 aliphatic carbocycles. The lowest BCUT2D eigenvalue weighted by molar-refractivity contribution is -0.386. The van der Waals surface area contributed by atoms with Crippen molar-refractivity contribution in [1.29, 1.82) is 0 Å². The van der Waals surface area contributed by atoms with Gasteiger partial charge in [0.05, 0.1) is 17.7 Å². The molecule has 2 rings (SSSR count). The van der Waals surface area contributed by atoms with E-state index in [1.807, 2.05) is 0 Å². The zero-order valence-corrected chi connectivity index (χ0v) is 13.4. The number of hydrazone groups is 1. The van der Waals surface area contributed by atoms with Crippen LogP contribution in [-0.4, -0.2) is 22.9 Å². The van der Waals surface area contributed by atoms with E-state index in [1.165, 1.54) is 0 Å². The normalized spacial score (nSPS) is 11.0. The molecular formula is C15H10F5N3O4. The average molecular weight is 391 g/mol. The number of benzene rings is 2. The number of phenolic OH excluding ortho intramolecular Hbond substituents is 1. The van der Waals surface area contributed by atoms with Gasteiger partial charge in [-0.2, -0.15) is 5.10 Å². The quantitative estimate of drug-likeness (QED) is 0.195. The van der Waals surface area contributed by atoms with Crippen molar-refractivity contribution < 1.29 is 36.7 Å². The number of halogens is 5. The van der Waals surface area contributed by atoms with Crippen molar-refractivity contribution in [2.75, 3.05) is 12.0 Å². The molecule has 0 aliphatic rings. The number of rotatable bonds is 6. The van der Waals surface area contributed by atoms with Gasteiger partial charge in [0, 0.05) is 11.6 Å². The summed E-state index contributed by atoms with van der Waals surface area (Å²) >= 11 is 0. The van der Waals surface area contributed by atoms with Crippen LogP contribution < -0.4 is 10.2 Å². The Bertz CT molecular complexity index is 907. The summed E-state index contributed by atoms with van der Waals surface area (Å²) in [6.45, 7) is 1.62. The summed E-state index contributed by atoms with van der Waals surface area (Å²) in [5.74, 6) is -11.9. The van der Waals surface area contributed by atoms with Crippen LogP contribution in [0.4, 0.5) is 33.3 Å². The van der Waals surface area contributed by atoms with Gasteiger partial charge in [0.15, 0.2) is 29.0 Å². The fourth-order valence-corrected chi connectivity index (χ4v) is 1.97. The molecule has 0 fully saturated rings. The van der Waals surface area contributed by atoms with E-state index in [9.17, 15) is 37.2 Å². The van der Waals surface area contributed by atoms with Gasteiger partial charge in [-0.1, -0.05) is 0 Å². The maximum Gasteiger partial charge on any atom is 0.315 e. The Morgan fingerprint density at radius 1 is 1.15 bits per heavy atom. The fourth-order valence-electron chi connectivity index (χ4n) is 1.97. The summed E-state index contributed by atoms with van der Waals surface area (Å²) < 4.78 is 71.2. The highest BCUT2D eigenvalue weighted by atomic mass is 19.2. The number of aromatic hydroxyl groups is 1. The van der Waals surface area contributed by atoms with Crippen molar-refractivity contribution in [2.45, 2.75) is 6.92 Å². The second-order valence-corrected chi connectivity index (χ2v) is 4.89. The smallest absolute Gasteiger partial charge is 0.315 e. The number of nitro benzene ring substituents is 1. The summed E-state index contributed by atoms with van der Waals surface area (Å²) in [5.41, 5.74) is -0.542. The van der Waals surface area contributed by atoms with E-state index in [0.717, 1.165) is 18.3 Å². The molecule has 0 aliphatic heterocycles. The third-order valence-corrected chi connectivity index (χ3v) is 3.17. The first-order chi connectivity index (χ1) is 12.7. The third-order valence-electron chi connectivity index (χ3n) is 3.17. The van der Waals surface area contributed by atoms with Crippen LogP contribution >= 0.6 is 0 Å². The van der Waals surface area contributed by atoms with Gasteiger partial charge >= 0.3 is 5.69 Å². The Morgan fingerprint density at radius 2 is 1.70 bits per heavy atom. The number of hydrogen-bond donors (Lipinski definition) is 2. The second kappa shape index (κ2) is 7.85. The van der Waals surface area contributed by atoms with Crippen molar-refractivity contribution in [3.8, 4) is 11.5 Å². The molecule has 0 atom stereocenters. The zero-order chi connectivity index (χ0) is 20.3. The maximum absolute atomic E-state index is 13.5. The van der Waals surface area contributed by atoms with E-state index >= 15 is 0 Å². The summed E-state index contributed by atoms with van der Waals surface area (Å²) in [4.78, 5) is 10.0. The van der Waals surface area contributed by atoms with Crippen molar-refractivity contribution in [1.82, 2.24) is 0 Å². The molecule has 0 heterocycles. The Balaban J connectivity index is 2.39. The lowest BCUT2D eigenvalue weighted by Crippen LogP contribution is -2.06. The molecule has 0 radical (unpaired) electrons. The van der Waals surface area contributed by atoms with E-state index in [-0.39, 0.29) is 17.9 Å². The molecule has 0 bridgehead atoms. The van der Waals surface area contributed by atoms with Crippen molar-refractivity contribution in [3.05, 3.63) is 56.9 Å². The third kappa shape index (κ3) is 3.88. The number of hydrogen-bond acceptors (Lipinski definition) is 6. The summed E-state index contributed by atoms with van der Waals surface area (Å²) in [5, 5.41) is 24.0. The summed E-state index contributed by atoms with van der Waals surface area (Å²) in [7, 11) is 0. The molecule has 7 nitrogen and oxygen atoms in total. The number of anilines is 1. The van der Waals surface area contributed by atoms with Gasteiger partial charge in [0.2, 0.25) is 11.6 Å². The molecular weight excluding hydrogens is 381 g/mol. The van der Waals surface area contributed by atoms with Gasteiger partial charge in [-0.3, -0.25) is 15.5 Å². The minimum Gasteiger partial charge on any atom is -0.500 e. The van der Waals surface area contributed by atoms with Crippen LogP contribution in [0.1, 0.15) is 12.5 Å². The Morgan fingerprint density at radius 3 is 2.22 bits per heavy atom. The Hall–Kier alpha value is -3.44. The van der Waals surface area contributed by atoms with Gasteiger partial charge < -0.3 is 9.84 Å². The summed E-state index contributed by atoms with van der Waals surface area (Å²) in [6.07, 6.45) is 0.799. The highest BCUT2D eigenvalue weighted by molar-refractivity contribution is 5.83. The molecule has 2 aromatic carbocycles. The predicted octanol–water partition coefficient (Wildman–Crippen LogP) is 3.84. The molecule has 2 aromatic rings. The van der Waals surface area contributed by atoms with Crippen LogP contribution in [0.5, 0.6) is 11.5 Å². The minimum atomic E-state index is -2.32. The zero-order valence-electron chi connectivity index (χ0n) is 13.4. The van der Waals surface area contributed by atoms with E-state index in [0.29, 0.717) is 0 Å². The molecule has 2 N–H and O–H groups in total. The van der Waals surface area contributed by atoms with Crippen molar-refractivity contribution in [3.63, 3.8) is 0 Å². The molecule has 0 aromatic heterocycles. The summed E-state index contributed by atoms with van der Waals surface area (Å²) in [6, 6.07) is 1.98. The largest absolute Gasteiger partial charge is 0.500 e. The predicted molar refractivity (Wildman–Crippen MR) is 83.4 cm³/mol. The van der Waals surface area contributed by atoms with Gasteiger partial charge in [-0.05, 0) is 13.0 Å². The number of phenols is 1. The molecule has 27 heavy (non-hydrogen) atoms. The van der Waals surface area contributed by atoms with Crippen LogP contribution in [0.2, 0.25) is 0 Å². The number of ether oxygens (including phenoxy) is 1. The first-order valence-corrected chi connectivity index (χ1v) is 7.13. The molecule has 0 saturated carbocycles. The Kier molecular flexibility index (Phi) is 5.78. The van der Waals surface area contributed by atoms with E-state index in [1.54, 1.807) is 12.3 Å². The van der Waals surface area contributed by atoms with Crippen molar-refractivity contribution >= 4 is 17.6 Å². The number of nitro groups is 1. The first kappa shape index (κ1) is 19.9. The highest BCUT2D eigenvalue weighted by Gasteiger charge is 2.25. The van der Waals surface area contributed by atoms with E-state index in [2.05, 4.69) is 5.10 Å². The fraction of sp³-hybridized carbons (Fsp3) is 0.133. The molecule has 0 amide bonds. The highest BCUT2D eigenvalue weighted by Crippen LogP contribution is 2.36. The lowest BCUT2D eigenvalue weighted by atomic mass is 10.2. The van der Waals surface area contributed by atoms with Gasteiger partial charge in [0.1, 0.15) is 5.69 Å². The van der Waals surface area contributed by atoms with Gasteiger partial charge in [0.25, 0.3) is 0 Å². The van der Waals surface area contributed by atoms with Gasteiger partial charge in [-0.15, -0.1) is 0 Å². The Labute approximate surface area is 147 Å². The number of nitrogens with one attached hydrogen (secondary N) is 1. The average Bonchev–Trinajstić information content (AvgIpc) is 2.63. The molecule has 0 unspecified atom stereocenters. The topological polar surface area (TPSA) is 97.0 Å². The molecule has 12 heteroatoms. The van der Waals surface area contributed by atoms with E-state index in [4.69, 9.17) is 4.74 Å². The van der Waals surface area contributed by atoms with Crippen LogP contribution in [0.15, 0.2) is 17.2 Å². The van der Waals surface area contributed by atoms with Crippen LogP contribution in [0.3, 0.4) is 0 Å². The van der Waals surface area contributed by atoms with Crippen LogP contribution in [0, 0.1) is 39.2 Å². The van der Waals surface area contributed by atoms with Crippen LogP contribution in [-0.2, 0) is 0 Å². The van der Waals surface area contributed by atoms with E-state index < -0.39 is 51.1 Å². The second-order valence-electron chi connectivity index (χ2n) is 4.89.